The van der Waals surface area contributed by atoms with E-state index in [2.05, 4.69) is 4.90 Å². The van der Waals surface area contributed by atoms with Crippen LogP contribution in [-0.4, -0.2) is 67.2 Å². The number of piperidine rings is 1. The number of alkyl halides is 3. The number of halogens is 4. The van der Waals surface area contributed by atoms with Gasteiger partial charge in [-0.2, -0.15) is 13.2 Å². The lowest BCUT2D eigenvalue weighted by atomic mass is 9.73. The van der Waals surface area contributed by atoms with Crippen molar-refractivity contribution in [1.82, 2.24) is 9.80 Å². The first kappa shape index (κ1) is 24.0. The van der Waals surface area contributed by atoms with Crippen molar-refractivity contribution in [3.05, 3.63) is 35.6 Å². The zero-order chi connectivity index (χ0) is 23.9. The van der Waals surface area contributed by atoms with Gasteiger partial charge >= 0.3 is 18.1 Å². The number of hydrogen-bond donors (Lipinski definition) is 0. The average Bonchev–Trinajstić information content (AvgIpc) is 3.69. The highest BCUT2D eigenvalue weighted by molar-refractivity contribution is 5.82. The van der Waals surface area contributed by atoms with Crippen molar-refractivity contribution in [3.63, 3.8) is 0 Å². The third kappa shape index (κ3) is 5.50. The molecule has 3 fully saturated rings. The van der Waals surface area contributed by atoms with Crippen LogP contribution in [0.4, 0.5) is 17.6 Å². The van der Waals surface area contributed by atoms with Crippen LogP contribution in [0.2, 0.25) is 0 Å². The van der Waals surface area contributed by atoms with Gasteiger partial charge in [0.15, 0.2) is 0 Å². The number of nitrogens with zero attached hydrogens (tertiary/aromatic N) is 2. The molecule has 0 spiro atoms. The molecule has 182 valence electrons. The maximum absolute atomic E-state index is 13.4. The van der Waals surface area contributed by atoms with E-state index in [1.807, 2.05) is 0 Å². The highest BCUT2D eigenvalue weighted by Gasteiger charge is 2.53. The molecule has 0 bridgehead atoms. The summed E-state index contributed by atoms with van der Waals surface area (Å²) in [5, 5.41) is 0. The Morgan fingerprint density at radius 1 is 1.09 bits per heavy atom. The Morgan fingerprint density at radius 3 is 2.18 bits per heavy atom. The number of benzene rings is 1. The lowest BCUT2D eigenvalue weighted by Crippen LogP contribution is -2.53. The SMILES string of the molecule is COC(=O)C1(CN2CCC(Cc3ccc(F)cc3)(CN(C(=O)C(F)(F)F)C3CC3)CC2)CC1. The van der Waals surface area contributed by atoms with E-state index >= 15 is 0 Å². The molecule has 0 unspecified atom stereocenters. The zero-order valence-corrected chi connectivity index (χ0v) is 18.8. The van der Waals surface area contributed by atoms with E-state index in [1.54, 1.807) is 12.1 Å². The van der Waals surface area contributed by atoms with E-state index in [9.17, 15) is 27.2 Å². The fraction of sp³-hybridized carbons (Fsp3) is 0.667. The number of amides is 1. The molecule has 0 atom stereocenters. The van der Waals surface area contributed by atoms with Crippen molar-refractivity contribution in [2.24, 2.45) is 10.8 Å². The Bertz CT molecular complexity index is 871. The second-order valence-corrected chi connectivity index (χ2v) is 10.0. The van der Waals surface area contributed by atoms with Gasteiger partial charge in [0.1, 0.15) is 5.82 Å². The number of esters is 1. The molecule has 5 nitrogen and oxygen atoms in total. The monoisotopic (exact) mass is 470 g/mol. The minimum absolute atomic E-state index is 0.0311. The van der Waals surface area contributed by atoms with Crippen molar-refractivity contribution in [2.45, 2.75) is 57.2 Å². The summed E-state index contributed by atoms with van der Waals surface area (Å²) in [4.78, 5) is 27.6. The predicted molar refractivity (Wildman–Crippen MR) is 113 cm³/mol. The number of methoxy groups -OCH3 is 1. The minimum Gasteiger partial charge on any atom is -0.469 e. The van der Waals surface area contributed by atoms with Gasteiger partial charge < -0.3 is 14.5 Å². The van der Waals surface area contributed by atoms with E-state index < -0.39 is 22.9 Å². The number of carbonyl (C=O) groups excluding carboxylic acids is 2. The van der Waals surface area contributed by atoms with E-state index in [0.717, 1.165) is 23.3 Å². The molecule has 0 radical (unpaired) electrons. The molecule has 1 aromatic rings. The molecule has 0 N–H and O–H groups in total. The Balaban J connectivity index is 1.51. The van der Waals surface area contributed by atoms with Crippen molar-refractivity contribution in [3.8, 4) is 0 Å². The van der Waals surface area contributed by atoms with Crippen molar-refractivity contribution >= 4 is 11.9 Å². The van der Waals surface area contributed by atoms with Gasteiger partial charge in [0, 0.05) is 19.1 Å². The van der Waals surface area contributed by atoms with Crippen LogP contribution in [0, 0.1) is 16.6 Å². The molecule has 2 aliphatic carbocycles. The third-order valence-corrected chi connectivity index (χ3v) is 7.40. The van der Waals surface area contributed by atoms with Gasteiger partial charge in [-0.3, -0.25) is 9.59 Å². The summed E-state index contributed by atoms with van der Waals surface area (Å²) in [5.74, 6) is -2.35. The maximum Gasteiger partial charge on any atom is 0.471 e. The lowest BCUT2D eigenvalue weighted by molar-refractivity contribution is -0.188. The van der Waals surface area contributed by atoms with Crippen molar-refractivity contribution in [1.29, 1.82) is 0 Å². The third-order valence-electron chi connectivity index (χ3n) is 7.40. The van der Waals surface area contributed by atoms with Gasteiger partial charge in [-0.25, -0.2) is 4.39 Å². The zero-order valence-electron chi connectivity index (χ0n) is 18.8. The lowest BCUT2D eigenvalue weighted by Gasteiger charge is -2.45. The molecule has 33 heavy (non-hydrogen) atoms. The molecule has 0 aromatic heterocycles. The van der Waals surface area contributed by atoms with Crippen LogP contribution in [0.5, 0.6) is 0 Å². The van der Waals surface area contributed by atoms with Crippen LogP contribution in [0.3, 0.4) is 0 Å². The quantitative estimate of drug-likeness (QED) is 0.427. The van der Waals surface area contributed by atoms with Crippen LogP contribution in [0.25, 0.3) is 0 Å². The molecule has 4 rings (SSSR count). The molecule has 3 aliphatic rings. The minimum atomic E-state index is -4.90. The Hall–Kier alpha value is -2.16. The summed E-state index contributed by atoms with van der Waals surface area (Å²) in [6.45, 7) is 1.86. The second-order valence-electron chi connectivity index (χ2n) is 10.0. The summed E-state index contributed by atoms with van der Waals surface area (Å²) in [5.41, 5.74) is -0.161. The van der Waals surface area contributed by atoms with Gasteiger partial charge in [-0.1, -0.05) is 12.1 Å². The summed E-state index contributed by atoms with van der Waals surface area (Å²) in [6, 6.07) is 5.66. The van der Waals surface area contributed by atoms with Crippen molar-refractivity contribution in [2.75, 3.05) is 33.3 Å². The van der Waals surface area contributed by atoms with Gasteiger partial charge in [0.2, 0.25) is 0 Å². The predicted octanol–water partition coefficient (Wildman–Crippen LogP) is 3.96. The highest BCUT2D eigenvalue weighted by atomic mass is 19.4. The molecule has 1 amide bonds. The van der Waals surface area contributed by atoms with Crippen LogP contribution >= 0.6 is 0 Å². The summed E-state index contributed by atoms with van der Waals surface area (Å²) in [6.07, 6.45) is -0.508. The standard InChI is InChI=1S/C24H30F4N2O3/c1-33-21(32)23(8-9-23)16-29-12-10-22(11-13-29,14-17-2-4-18(25)5-3-17)15-30(19-6-7-19)20(31)24(26,27)28/h2-5,19H,6-16H2,1H3. The largest absolute Gasteiger partial charge is 0.471 e. The van der Waals surface area contributed by atoms with Crippen molar-refractivity contribution < 1.29 is 31.9 Å². The number of likely N-dealkylation sites (tertiary alicyclic amines) is 1. The normalized spacial score (nSPS) is 22.0. The van der Waals surface area contributed by atoms with E-state index in [-0.39, 0.29) is 24.4 Å². The molecule has 1 aromatic carbocycles. The van der Waals surface area contributed by atoms with Crippen LogP contribution < -0.4 is 0 Å². The van der Waals surface area contributed by atoms with Gasteiger partial charge in [-0.15, -0.1) is 0 Å². The molecule has 9 heteroatoms. The van der Waals surface area contributed by atoms with Gasteiger partial charge in [0.05, 0.1) is 12.5 Å². The molecular weight excluding hydrogens is 440 g/mol. The molecule has 1 aliphatic heterocycles. The van der Waals surface area contributed by atoms with Crippen LogP contribution in [0.1, 0.15) is 44.1 Å². The van der Waals surface area contributed by atoms with Gasteiger partial charge in [0.25, 0.3) is 0 Å². The Labute approximate surface area is 191 Å². The maximum atomic E-state index is 13.4. The molecular formula is C24H30F4N2O3. The highest BCUT2D eigenvalue weighted by Crippen LogP contribution is 2.48. The number of rotatable bonds is 8. The van der Waals surface area contributed by atoms with Crippen LogP contribution in [-0.2, 0) is 20.7 Å². The Kier molecular flexibility index (Phi) is 6.46. The second kappa shape index (κ2) is 8.89. The molecule has 2 saturated carbocycles. The number of ether oxygens (including phenoxy) is 1. The fourth-order valence-corrected chi connectivity index (χ4v) is 5.11. The van der Waals surface area contributed by atoms with Gasteiger partial charge in [-0.05, 0) is 81.1 Å². The first-order valence-electron chi connectivity index (χ1n) is 11.5. The van der Waals surface area contributed by atoms with E-state index in [1.165, 1.54) is 19.2 Å². The van der Waals surface area contributed by atoms with E-state index in [4.69, 9.17) is 4.74 Å². The average molecular weight is 471 g/mol. The summed E-state index contributed by atoms with van der Waals surface area (Å²) < 4.78 is 58.3. The molecule has 1 saturated heterocycles. The fourth-order valence-electron chi connectivity index (χ4n) is 5.11. The first-order chi connectivity index (χ1) is 15.6. The molecule has 1 heterocycles. The topological polar surface area (TPSA) is 49.9 Å². The first-order valence-corrected chi connectivity index (χ1v) is 11.5. The summed E-state index contributed by atoms with van der Waals surface area (Å²) >= 11 is 0. The summed E-state index contributed by atoms with van der Waals surface area (Å²) in [7, 11) is 1.39. The number of hydrogen-bond acceptors (Lipinski definition) is 4. The van der Waals surface area contributed by atoms with Crippen LogP contribution in [0.15, 0.2) is 24.3 Å². The Morgan fingerprint density at radius 2 is 1.70 bits per heavy atom. The van der Waals surface area contributed by atoms with E-state index in [0.29, 0.717) is 51.7 Å². The smallest absolute Gasteiger partial charge is 0.469 e. The number of carbonyl (C=O) groups is 2.